The summed E-state index contributed by atoms with van der Waals surface area (Å²) in [5, 5.41) is 13.1. The van der Waals surface area contributed by atoms with Gasteiger partial charge in [-0.05, 0) is 15.9 Å². The van der Waals surface area contributed by atoms with E-state index >= 15 is 0 Å². The average molecular weight is 284 g/mol. The summed E-state index contributed by atoms with van der Waals surface area (Å²) in [6, 6.07) is 0. The van der Waals surface area contributed by atoms with Gasteiger partial charge in [-0.2, -0.15) is 10.2 Å². The molecule has 0 aliphatic carbocycles. The van der Waals surface area contributed by atoms with Crippen LogP contribution in [0.2, 0.25) is 0 Å². The zero-order valence-electron chi connectivity index (χ0n) is 8.57. The molecular formula is C9H10BrN5O. The summed E-state index contributed by atoms with van der Waals surface area (Å²) in [6.07, 6.45) is 5.10. The smallest absolute Gasteiger partial charge is 0.270 e. The van der Waals surface area contributed by atoms with Crippen LogP contribution in [0.5, 0.6) is 0 Å². The molecule has 0 bridgehead atoms. The number of carbonyl (C=O) groups is 1. The number of amides is 1. The van der Waals surface area contributed by atoms with E-state index in [2.05, 4.69) is 36.5 Å². The number of hydrogen-bond donors (Lipinski definition) is 2. The van der Waals surface area contributed by atoms with Gasteiger partial charge in [-0.1, -0.05) is 0 Å². The summed E-state index contributed by atoms with van der Waals surface area (Å²) < 4.78 is 2.34. The standard InChI is InChI=1S/C9H10BrN5O/c1-15-5-6(3-13-15)2-11-9(16)8-7(10)4-12-14-8/h3-5H,2H2,1H3,(H,11,16)(H,12,14). The second kappa shape index (κ2) is 4.48. The summed E-state index contributed by atoms with van der Waals surface area (Å²) in [5.41, 5.74) is 1.37. The summed E-state index contributed by atoms with van der Waals surface area (Å²) in [5.74, 6) is -0.201. The number of H-pyrrole nitrogens is 1. The Morgan fingerprint density at radius 1 is 1.62 bits per heavy atom. The van der Waals surface area contributed by atoms with Crippen molar-refractivity contribution in [3.8, 4) is 0 Å². The number of rotatable bonds is 3. The molecule has 16 heavy (non-hydrogen) atoms. The van der Waals surface area contributed by atoms with E-state index < -0.39 is 0 Å². The van der Waals surface area contributed by atoms with Gasteiger partial charge in [0.1, 0.15) is 5.69 Å². The number of aromatic amines is 1. The quantitative estimate of drug-likeness (QED) is 0.876. The lowest BCUT2D eigenvalue weighted by molar-refractivity contribution is 0.0945. The average Bonchev–Trinajstić information content (AvgIpc) is 2.84. The van der Waals surface area contributed by atoms with Gasteiger partial charge >= 0.3 is 0 Å². The molecule has 0 radical (unpaired) electrons. The van der Waals surface area contributed by atoms with E-state index in [9.17, 15) is 4.79 Å². The highest BCUT2D eigenvalue weighted by Crippen LogP contribution is 2.12. The van der Waals surface area contributed by atoms with Crippen molar-refractivity contribution in [1.29, 1.82) is 0 Å². The highest BCUT2D eigenvalue weighted by atomic mass is 79.9. The van der Waals surface area contributed by atoms with Crippen LogP contribution in [-0.4, -0.2) is 25.9 Å². The third-order valence-electron chi connectivity index (χ3n) is 2.03. The summed E-state index contributed by atoms with van der Waals surface area (Å²) in [4.78, 5) is 11.7. The Kier molecular flexibility index (Phi) is 3.04. The molecule has 0 aliphatic rings. The molecule has 0 aromatic carbocycles. The van der Waals surface area contributed by atoms with E-state index in [1.165, 1.54) is 0 Å². The maximum atomic E-state index is 11.7. The van der Waals surface area contributed by atoms with Crippen LogP contribution in [0.15, 0.2) is 23.1 Å². The van der Waals surface area contributed by atoms with Gasteiger partial charge < -0.3 is 5.32 Å². The van der Waals surface area contributed by atoms with E-state index in [1.807, 2.05) is 13.2 Å². The Morgan fingerprint density at radius 2 is 2.44 bits per heavy atom. The van der Waals surface area contributed by atoms with E-state index in [4.69, 9.17) is 0 Å². The van der Waals surface area contributed by atoms with Gasteiger partial charge in [0.2, 0.25) is 0 Å². The first-order chi connectivity index (χ1) is 7.66. The van der Waals surface area contributed by atoms with Crippen LogP contribution in [-0.2, 0) is 13.6 Å². The lowest BCUT2D eigenvalue weighted by Crippen LogP contribution is -2.23. The number of halogens is 1. The number of hydrogen-bond acceptors (Lipinski definition) is 3. The second-order valence-corrected chi connectivity index (χ2v) is 4.15. The zero-order valence-corrected chi connectivity index (χ0v) is 10.2. The van der Waals surface area contributed by atoms with Crippen LogP contribution in [0.25, 0.3) is 0 Å². The number of aromatic nitrogens is 4. The first kappa shape index (κ1) is 10.9. The highest BCUT2D eigenvalue weighted by Gasteiger charge is 2.11. The van der Waals surface area contributed by atoms with Gasteiger partial charge in [-0.15, -0.1) is 0 Å². The Balaban J connectivity index is 1.96. The fraction of sp³-hybridized carbons (Fsp3) is 0.222. The van der Waals surface area contributed by atoms with Gasteiger partial charge in [0.25, 0.3) is 5.91 Å². The van der Waals surface area contributed by atoms with Gasteiger partial charge in [-0.25, -0.2) is 0 Å². The minimum Gasteiger partial charge on any atom is -0.346 e. The van der Waals surface area contributed by atoms with Crippen LogP contribution in [0.1, 0.15) is 16.1 Å². The van der Waals surface area contributed by atoms with Gasteiger partial charge in [0, 0.05) is 25.4 Å². The van der Waals surface area contributed by atoms with Crippen LogP contribution in [0.3, 0.4) is 0 Å². The highest BCUT2D eigenvalue weighted by molar-refractivity contribution is 9.10. The topological polar surface area (TPSA) is 75.6 Å². The summed E-state index contributed by atoms with van der Waals surface area (Å²) in [6.45, 7) is 0.443. The Morgan fingerprint density at radius 3 is 3.00 bits per heavy atom. The Labute approximate surface area is 100 Å². The first-order valence-corrected chi connectivity index (χ1v) is 5.40. The van der Waals surface area contributed by atoms with Gasteiger partial charge in [-0.3, -0.25) is 14.6 Å². The van der Waals surface area contributed by atoms with Crippen molar-refractivity contribution >= 4 is 21.8 Å². The Bertz CT molecular complexity index is 503. The number of nitrogens with zero attached hydrogens (tertiary/aromatic N) is 3. The maximum absolute atomic E-state index is 11.7. The molecule has 0 saturated carbocycles. The van der Waals surface area contributed by atoms with Crippen molar-refractivity contribution in [2.45, 2.75) is 6.54 Å². The normalized spacial score (nSPS) is 10.4. The van der Waals surface area contributed by atoms with Crippen molar-refractivity contribution in [3.63, 3.8) is 0 Å². The second-order valence-electron chi connectivity index (χ2n) is 3.30. The van der Waals surface area contributed by atoms with Crippen LogP contribution in [0, 0.1) is 0 Å². The van der Waals surface area contributed by atoms with Crippen LogP contribution >= 0.6 is 15.9 Å². The van der Waals surface area contributed by atoms with E-state index in [1.54, 1.807) is 17.1 Å². The predicted molar refractivity (Wildman–Crippen MR) is 60.7 cm³/mol. The van der Waals surface area contributed by atoms with Gasteiger partial charge in [0.15, 0.2) is 0 Å². The molecule has 0 spiro atoms. The molecular weight excluding hydrogens is 274 g/mol. The number of aryl methyl sites for hydroxylation is 1. The third kappa shape index (κ3) is 2.30. The molecule has 7 heteroatoms. The molecule has 0 aliphatic heterocycles. The Hall–Kier alpha value is -1.63. The molecule has 0 unspecified atom stereocenters. The molecule has 2 aromatic heterocycles. The summed E-state index contributed by atoms with van der Waals surface area (Å²) >= 11 is 3.23. The van der Waals surface area contributed by atoms with E-state index in [-0.39, 0.29) is 5.91 Å². The van der Waals surface area contributed by atoms with Crippen molar-refractivity contribution < 1.29 is 4.79 Å². The molecule has 6 nitrogen and oxygen atoms in total. The van der Waals surface area contributed by atoms with Crippen molar-refractivity contribution in [2.24, 2.45) is 7.05 Å². The SMILES string of the molecule is Cn1cc(CNC(=O)c2[nH]ncc2Br)cn1. The fourth-order valence-corrected chi connectivity index (χ4v) is 1.64. The lowest BCUT2D eigenvalue weighted by atomic mass is 10.3. The molecule has 2 aromatic rings. The van der Waals surface area contributed by atoms with E-state index in [0.29, 0.717) is 16.7 Å². The minimum absolute atomic E-state index is 0.201. The fourth-order valence-electron chi connectivity index (χ4n) is 1.26. The van der Waals surface area contributed by atoms with Crippen LogP contribution < -0.4 is 5.32 Å². The lowest BCUT2D eigenvalue weighted by Gasteiger charge is -2.01. The molecule has 84 valence electrons. The molecule has 1 amide bonds. The number of carbonyl (C=O) groups excluding carboxylic acids is 1. The molecule has 2 rings (SSSR count). The van der Waals surface area contributed by atoms with Crippen molar-refractivity contribution in [2.75, 3.05) is 0 Å². The monoisotopic (exact) mass is 283 g/mol. The van der Waals surface area contributed by atoms with Gasteiger partial charge in [0.05, 0.1) is 16.9 Å². The van der Waals surface area contributed by atoms with E-state index in [0.717, 1.165) is 5.56 Å². The predicted octanol–water partition coefficient (Wildman–Crippen LogP) is 0.836. The molecule has 2 N–H and O–H groups in total. The van der Waals surface area contributed by atoms with Crippen molar-refractivity contribution in [3.05, 3.63) is 34.3 Å². The zero-order chi connectivity index (χ0) is 11.5. The summed E-state index contributed by atoms with van der Waals surface area (Å²) in [7, 11) is 1.83. The molecule has 0 saturated heterocycles. The third-order valence-corrected chi connectivity index (χ3v) is 2.63. The maximum Gasteiger partial charge on any atom is 0.270 e. The molecule has 0 fully saturated rings. The van der Waals surface area contributed by atoms with Crippen LogP contribution in [0.4, 0.5) is 0 Å². The molecule has 2 heterocycles. The largest absolute Gasteiger partial charge is 0.346 e. The number of nitrogens with one attached hydrogen (secondary N) is 2. The first-order valence-electron chi connectivity index (χ1n) is 4.61. The molecule has 0 atom stereocenters. The minimum atomic E-state index is -0.201. The van der Waals surface area contributed by atoms with Crippen molar-refractivity contribution in [1.82, 2.24) is 25.3 Å².